The highest BCUT2D eigenvalue weighted by Gasteiger charge is 2.28. The van der Waals surface area contributed by atoms with Crippen LogP contribution in [0.25, 0.3) is 0 Å². The molecule has 4 nitrogen and oxygen atoms in total. The van der Waals surface area contributed by atoms with E-state index in [1.165, 1.54) is 19.4 Å². The third-order valence-corrected chi connectivity index (χ3v) is 3.67. The van der Waals surface area contributed by atoms with Gasteiger partial charge in [0, 0.05) is 45.2 Å². The molecule has 1 aliphatic carbocycles. The Morgan fingerprint density at radius 3 is 2.44 bits per heavy atom. The zero-order valence-corrected chi connectivity index (χ0v) is 10.2. The molecule has 0 aromatic heterocycles. The van der Waals surface area contributed by atoms with E-state index in [0.29, 0.717) is 6.54 Å². The average molecular weight is 225 g/mol. The van der Waals surface area contributed by atoms with Crippen molar-refractivity contribution < 1.29 is 4.79 Å². The Morgan fingerprint density at radius 2 is 1.94 bits per heavy atom. The van der Waals surface area contributed by atoms with E-state index in [9.17, 15) is 4.79 Å². The smallest absolute Gasteiger partial charge is 0.226 e. The first-order valence-corrected chi connectivity index (χ1v) is 6.42. The zero-order chi connectivity index (χ0) is 11.5. The van der Waals surface area contributed by atoms with Gasteiger partial charge in [0.25, 0.3) is 0 Å². The Bertz CT molecular complexity index is 245. The van der Waals surface area contributed by atoms with Crippen LogP contribution in [0.2, 0.25) is 0 Å². The molecule has 1 heterocycles. The maximum atomic E-state index is 11.9. The number of carbonyl (C=O) groups excluding carboxylic acids is 1. The summed E-state index contributed by atoms with van der Waals surface area (Å²) in [6, 6.07) is 0. The molecule has 16 heavy (non-hydrogen) atoms. The molecular formula is C12H23N3O. The van der Waals surface area contributed by atoms with Gasteiger partial charge >= 0.3 is 0 Å². The van der Waals surface area contributed by atoms with Crippen molar-refractivity contribution in [2.75, 3.05) is 39.3 Å². The first-order chi connectivity index (χ1) is 7.70. The molecule has 0 aromatic rings. The summed E-state index contributed by atoms with van der Waals surface area (Å²) in [4.78, 5) is 16.4. The molecule has 2 fully saturated rings. The molecule has 0 bridgehead atoms. The summed E-state index contributed by atoms with van der Waals surface area (Å²) >= 11 is 0. The van der Waals surface area contributed by atoms with Crippen molar-refractivity contribution in [3.63, 3.8) is 0 Å². The molecule has 0 radical (unpaired) electrons. The summed E-state index contributed by atoms with van der Waals surface area (Å²) in [6.07, 6.45) is 2.81. The van der Waals surface area contributed by atoms with Gasteiger partial charge in [0.2, 0.25) is 5.91 Å². The van der Waals surface area contributed by atoms with E-state index < -0.39 is 0 Å². The molecule has 4 heteroatoms. The molecular weight excluding hydrogens is 202 g/mol. The van der Waals surface area contributed by atoms with Gasteiger partial charge < -0.3 is 10.6 Å². The van der Waals surface area contributed by atoms with Gasteiger partial charge in [0.05, 0.1) is 0 Å². The minimum Gasteiger partial charge on any atom is -0.340 e. The maximum Gasteiger partial charge on any atom is 0.226 e. The highest BCUT2D eigenvalue weighted by atomic mass is 16.2. The fourth-order valence-electron chi connectivity index (χ4n) is 2.23. The van der Waals surface area contributed by atoms with Crippen LogP contribution in [-0.4, -0.2) is 55.0 Å². The lowest BCUT2D eigenvalue weighted by atomic mass is 10.1. The van der Waals surface area contributed by atoms with Crippen LogP contribution in [0.1, 0.15) is 19.8 Å². The number of amides is 1. The van der Waals surface area contributed by atoms with Crippen molar-refractivity contribution in [3.8, 4) is 0 Å². The zero-order valence-electron chi connectivity index (χ0n) is 10.2. The van der Waals surface area contributed by atoms with Crippen molar-refractivity contribution in [3.05, 3.63) is 0 Å². The monoisotopic (exact) mass is 225 g/mol. The molecule has 2 N–H and O–H groups in total. The van der Waals surface area contributed by atoms with Crippen LogP contribution in [0, 0.1) is 11.8 Å². The molecule has 1 amide bonds. The van der Waals surface area contributed by atoms with Gasteiger partial charge in [-0.3, -0.25) is 9.69 Å². The fourth-order valence-corrected chi connectivity index (χ4v) is 2.23. The molecule has 1 aliphatic heterocycles. The summed E-state index contributed by atoms with van der Waals surface area (Å²) in [6.45, 7) is 7.47. The van der Waals surface area contributed by atoms with Gasteiger partial charge in [-0.15, -0.1) is 0 Å². The van der Waals surface area contributed by atoms with E-state index in [1.807, 2.05) is 11.8 Å². The van der Waals surface area contributed by atoms with Gasteiger partial charge in [-0.05, 0) is 18.8 Å². The van der Waals surface area contributed by atoms with E-state index in [4.69, 9.17) is 5.73 Å². The lowest BCUT2D eigenvalue weighted by Gasteiger charge is -2.35. The first kappa shape index (κ1) is 11.9. The molecule has 2 rings (SSSR count). The number of carbonyl (C=O) groups is 1. The van der Waals surface area contributed by atoms with E-state index >= 15 is 0 Å². The van der Waals surface area contributed by atoms with Crippen LogP contribution in [0.4, 0.5) is 0 Å². The number of rotatable bonds is 4. The average Bonchev–Trinajstić information content (AvgIpc) is 3.12. The minimum absolute atomic E-state index is 0.0185. The first-order valence-electron chi connectivity index (χ1n) is 6.42. The SMILES string of the molecule is CC(CN)C(=O)N1CCN(CC2CC2)CC1. The van der Waals surface area contributed by atoms with Crippen LogP contribution in [0.5, 0.6) is 0 Å². The fraction of sp³-hybridized carbons (Fsp3) is 0.917. The summed E-state index contributed by atoms with van der Waals surface area (Å²) in [5, 5.41) is 0. The third kappa shape index (κ3) is 2.95. The second kappa shape index (κ2) is 5.15. The van der Waals surface area contributed by atoms with Crippen LogP contribution in [0.15, 0.2) is 0 Å². The highest BCUT2D eigenvalue weighted by Crippen LogP contribution is 2.29. The molecule has 1 atom stereocenters. The summed E-state index contributed by atoms with van der Waals surface area (Å²) in [7, 11) is 0. The van der Waals surface area contributed by atoms with Crippen LogP contribution >= 0.6 is 0 Å². The van der Waals surface area contributed by atoms with E-state index in [2.05, 4.69) is 4.90 Å². The highest BCUT2D eigenvalue weighted by molar-refractivity contribution is 5.78. The van der Waals surface area contributed by atoms with Crippen LogP contribution < -0.4 is 5.73 Å². The Balaban J connectivity index is 1.73. The van der Waals surface area contributed by atoms with Gasteiger partial charge in [-0.1, -0.05) is 6.92 Å². The molecule has 2 aliphatic rings. The molecule has 0 aromatic carbocycles. The van der Waals surface area contributed by atoms with Gasteiger partial charge in [-0.2, -0.15) is 0 Å². The lowest BCUT2D eigenvalue weighted by molar-refractivity contribution is -0.136. The van der Waals surface area contributed by atoms with E-state index in [1.54, 1.807) is 0 Å². The molecule has 0 spiro atoms. The third-order valence-electron chi connectivity index (χ3n) is 3.67. The number of hydrogen-bond acceptors (Lipinski definition) is 3. The van der Waals surface area contributed by atoms with Crippen LogP contribution in [0.3, 0.4) is 0 Å². The standard InChI is InChI=1S/C12H23N3O/c1-10(8-13)12(16)15-6-4-14(5-7-15)9-11-2-3-11/h10-11H,2-9,13H2,1H3. The molecule has 1 unspecified atom stereocenters. The normalized spacial score (nSPS) is 24.5. The second-order valence-corrected chi connectivity index (χ2v) is 5.21. The van der Waals surface area contributed by atoms with Gasteiger partial charge in [-0.25, -0.2) is 0 Å². The van der Waals surface area contributed by atoms with Crippen molar-refractivity contribution in [1.29, 1.82) is 0 Å². The molecule has 1 saturated heterocycles. The minimum atomic E-state index is -0.0185. The number of nitrogens with two attached hydrogens (primary N) is 1. The predicted octanol–water partition coefficient (Wildman–Crippen LogP) is 0.135. The van der Waals surface area contributed by atoms with Gasteiger partial charge in [0.15, 0.2) is 0 Å². The molecule has 92 valence electrons. The summed E-state index contributed by atoms with van der Waals surface area (Å²) in [5.41, 5.74) is 5.52. The van der Waals surface area contributed by atoms with E-state index in [0.717, 1.165) is 32.1 Å². The van der Waals surface area contributed by atoms with Crippen molar-refractivity contribution in [1.82, 2.24) is 9.80 Å². The van der Waals surface area contributed by atoms with Crippen molar-refractivity contribution in [2.24, 2.45) is 17.6 Å². The molecule has 1 saturated carbocycles. The summed E-state index contributed by atoms with van der Waals surface area (Å²) < 4.78 is 0. The quantitative estimate of drug-likeness (QED) is 0.740. The maximum absolute atomic E-state index is 11.9. The van der Waals surface area contributed by atoms with Crippen molar-refractivity contribution in [2.45, 2.75) is 19.8 Å². The predicted molar refractivity (Wildman–Crippen MR) is 64.0 cm³/mol. The Morgan fingerprint density at radius 1 is 1.31 bits per heavy atom. The Labute approximate surface area is 97.8 Å². The lowest BCUT2D eigenvalue weighted by Crippen LogP contribution is -2.51. The topological polar surface area (TPSA) is 49.6 Å². The Kier molecular flexibility index (Phi) is 3.82. The Hall–Kier alpha value is -0.610. The van der Waals surface area contributed by atoms with E-state index in [-0.39, 0.29) is 11.8 Å². The van der Waals surface area contributed by atoms with Crippen LogP contribution in [-0.2, 0) is 4.79 Å². The number of piperazine rings is 1. The summed E-state index contributed by atoms with van der Waals surface area (Å²) in [5.74, 6) is 1.16. The van der Waals surface area contributed by atoms with Gasteiger partial charge in [0.1, 0.15) is 0 Å². The number of hydrogen-bond donors (Lipinski definition) is 1. The van der Waals surface area contributed by atoms with Crippen molar-refractivity contribution >= 4 is 5.91 Å². The second-order valence-electron chi connectivity index (χ2n) is 5.21. The largest absolute Gasteiger partial charge is 0.340 e. The number of nitrogens with zero attached hydrogens (tertiary/aromatic N) is 2.